The second kappa shape index (κ2) is 3.59. The maximum atomic E-state index is 6.10. The van der Waals surface area contributed by atoms with Crippen LogP contribution >= 0.6 is 11.6 Å². The third kappa shape index (κ3) is 1.66. The second-order valence-electron chi connectivity index (χ2n) is 3.44. The molecule has 0 heterocycles. The van der Waals surface area contributed by atoms with Gasteiger partial charge in [0.1, 0.15) is 5.75 Å². The smallest absolute Gasteiger partial charge is 0.122 e. The molecule has 70 valence electrons. The van der Waals surface area contributed by atoms with Gasteiger partial charge in [0.05, 0.1) is 7.11 Å². The van der Waals surface area contributed by atoms with Crippen molar-refractivity contribution >= 4 is 11.6 Å². The van der Waals surface area contributed by atoms with Gasteiger partial charge in [-0.05, 0) is 36.5 Å². The van der Waals surface area contributed by atoms with Crippen LogP contribution in [0.25, 0.3) is 0 Å². The Morgan fingerprint density at radius 1 is 1.46 bits per heavy atom. The molecule has 0 aromatic heterocycles. The lowest BCUT2D eigenvalue weighted by Gasteiger charge is -2.21. The standard InChI is InChI=1S/C11H13ClO/c1-13-11-4-2-3-8-7-9(12)5-6-10(8)11/h2-4,9H,5-7H2,1H3. The molecule has 1 nitrogen and oxygen atoms in total. The summed E-state index contributed by atoms with van der Waals surface area (Å²) in [6.45, 7) is 0. The molecule has 2 rings (SSSR count). The molecule has 1 unspecified atom stereocenters. The van der Waals surface area contributed by atoms with Crippen molar-refractivity contribution < 1.29 is 4.74 Å². The lowest BCUT2D eigenvalue weighted by Crippen LogP contribution is -2.14. The monoisotopic (exact) mass is 196 g/mol. The van der Waals surface area contributed by atoms with Gasteiger partial charge in [-0.3, -0.25) is 0 Å². The zero-order valence-corrected chi connectivity index (χ0v) is 8.47. The van der Waals surface area contributed by atoms with Crippen LogP contribution in [-0.4, -0.2) is 12.5 Å². The predicted octanol–water partition coefficient (Wildman–Crippen LogP) is 2.79. The quantitative estimate of drug-likeness (QED) is 0.628. The molecular formula is C11H13ClO. The van der Waals surface area contributed by atoms with Gasteiger partial charge in [-0.15, -0.1) is 11.6 Å². The molecule has 1 aromatic carbocycles. The van der Waals surface area contributed by atoms with Crippen molar-refractivity contribution in [3.8, 4) is 5.75 Å². The minimum Gasteiger partial charge on any atom is -0.496 e. The van der Waals surface area contributed by atoms with Crippen LogP contribution in [0.15, 0.2) is 18.2 Å². The molecule has 0 bridgehead atoms. The Kier molecular flexibility index (Phi) is 2.45. The number of fused-ring (bicyclic) bond motifs is 1. The molecule has 0 saturated carbocycles. The number of benzene rings is 1. The van der Waals surface area contributed by atoms with Gasteiger partial charge in [0.25, 0.3) is 0 Å². The highest BCUT2D eigenvalue weighted by Gasteiger charge is 2.18. The molecule has 1 aromatic rings. The van der Waals surface area contributed by atoms with Crippen LogP contribution in [-0.2, 0) is 12.8 Å². The largest absolute Gasteiger partial charge is 0.496 e. The minimum absolute atomic E-state index is 0.305. The van der Waals surface area contributed by atoms with Crippen LogP contribution in [0.2, 0.25) is 0 Å². The Morgan fingerprint density at radius 2 is 2.31 bits per heavy atom. The maximum Gasteiger partial charge on any atom is 0.122 e. The third-order valence-corrected chi connectivity index (χ3v) is 2.97. The van der Waals surface area contributed by atoms with E-state index in [0.717, 1.165) is 25.0 Å². The number of halogens is 1. The summed E-state index contributed by atoms with van der Waals surface area (Å²) in [6.07, 6.45) is 3.09. The average Bonchev–Trinajstić information content (AvgIpc) is 2.16. The summed E-state index contributed by atoms with van der Waals surface area (Å²) in [7, 11) is 1.72. The van der Waals surface area contributed by atoms with E-state index in [4.69, 9.17) is 16.3 Å². The maximum absolute atomic E-state index is 6.10. The summed E-state index contributed by atoms with van der Waals surface area (Å²) in [4.78, 5) is 0. The Hall–Kier alpha value is -0.690. The van der Waals surface area contributed by atoms with Crippen molar-refractivity contribution in [2.24, 2.45) is 0 Å². The fourth-order valence-corrected chi connectivity index (χ4v) is 2.19. The molecule has 1 atom stereocenters. The number of ether oxygens (including phenoxy) is 1. The molecule has 0 saturated heterocycles. The van der Waals surface area contributed by atoms with Gasteiger partial charge in [0.15, 0.2) is 0 Å². The summed E-state index contributed by atoms with van der Waals surface area (Å²) >= 11 is 6.10. The number of methoxy groups -OCH3 is 1. The van der Waals surface area contributed by atoms with Crippen LogP contribution < -0.4 is 4.74 Å². The highest BCUT2D eigenvalue weighted by Crippen LogP contribution is 2.31. The van der Waals surface area contributed by atoms with Gasteiger partial charge in [0.2, 0.25) is 0 Å². The fourth-order valence-electron chi connectivity index (χ4n) is 1.92. The summed E-state index contributed by atoms with van der Waals surface area (Å²) in [5.41, 5.74) is 2.70. The molecule has 1 aliphatic rings. The van der Waals surface area contributed by atoms with Gasteiger partial charge < -0.3 is 4.74 Å². The Bertz CT molecular complexity index is 309. The third-order valence-electron chi connectivity index (χ3n) is 2.60. The van der Waals surface area contributed by atoms with E-state index in [1.807, 2.05) is 12.1 Å². The fraction of sp³-hybridized carbons (Fsp3) is 0.455. The molecular weight excluding hydrogens is 184 g/mol. The summed E-state index contributed by atoms with van der Waals surface area (Å²) in [5, 5.41) is 0.305. The first kappa shape index (κ1) is 8.89. The molecule has 0 spiro atoms. The van der Waals surface area contributed by atoms with Crippen molar-refractivity contribution in [1.82, 2.24) is 0 Å². The van der Waals surface area contributed by atoms with E-state index in [0.29, 0.717) is 5.38 Å². The summed E-state index contributed by atoms with van der Waals surface area (Å²) < 4.78 is 5.30. The highest BCUT2D eigenvalue weighted by atomic mass is 35.5. The second-order valence-corrected chi connectivity index (χ2v) is 4.06. The first-order valence-electron chi connectivity index (χ1n) is 4.60. The lowest BCUT2D eigenvalue weighted by molar-refractivity contribution is 0.406. The van der Waals surface area contributed by atoms with Crippen LogP contribution in [0.1, 0.15) is 17.5 Å². The van der Waals surface area contributed by atoms with Crippen molar-refractivity contribution in [3.05, 3.63) is 29.3 Å². The van der Waals surface area contributed by atoms with Crippen LogP contribution in [0.5, 0.6) is 5.75 Å². The molecule has 13 heavy (non-hydrogen) atoms. The normalized spacial score (nSPS) is 20.9. The topological polar surface area (TPSA) is 9.23 Å². The molecule has 0 radical (unpaired) electrons. The Labute approximate surface area is 83.7 Å². The number of rotatable bonds is 1. The highest BCUT2D eigenvalue weighted by molar-refractivity contribution is 6.20. The number of hydrogen-bond donors (Lipinski definition) is 0. The van der Waals surface area contributed by atoms with Gasteiger partial charge >= 0.3 is 0 Å². The molecule has 2 heteroatoms. The Morgan fingerprint density at radius 3 is 3.08 bits per heavy atom. The summed E-state index contributed by atoms with van der Waals surface area (Å²) in [6, 6.07) is 6.20. The average molecular weight is 197 g/mol. The van der Waals surface area contributed by atoms with Crippen LogP contribution in [0.4, 0.5) is 0 Å². The first-order valence-corrected chi connectivity index (χ1v) is 5.03. The molecule has 0 fully saturated rings. The number of hydrogen-bond acceptors (Lipinski definition) is 1. The van der Waals surface area contributed by atoms with E-state index < -0.39 is 0 Å². The lowest BCUT2D eigenvalue weighted by atomic mass is 9.91. The molecule has 0 amide bonds. The predicted molar refractivity (Wildman–Crippen MR) is 54.7 cm³/mol. The zero-order chi connectivity index (χ0) is 9.26. The zero-order valence-electron chi connectivity index (χ0n) is 7.72. The molecule has 0 N–H and O–H groups in total. The summed E-state index contributed by atoms with van der Waals surface area (Å²) in [5.74, 6) is 1.01. The van der Waals surface area contributed by atoms with E-state index >= 15 is 0 Å². The van der Waals surface area contributed by atoms with E-state index in [2.05, 4.69) is 6.07 Å². The van der Waals surface area contributed by atoms with E-state index in [1.165, 1.54) is 11.1 Å². The van der Waals surface area contributed by atoms with Gasteiger partial charge in [-0.1, -0.05) is 12.1 Å². The van der Waals surface area contributed by atoms with E-state index in [9.17, 15) is 0 Å². The van der Waals surface area contributed by atoms with Gasteiger partial charge in [0, 0.05) is 5.38 Å². The van der Waals surface area contributed by atoms with Gasteiger partial charge in [-0.2, -0.15) is 0 Å². The van der Waals surface area contributed by atoms with Crippen molar-refractivity contribution in [2.75, 3.05) is 7.11 Å². The van der Waals surface area contributed by atoms with Crippen LogP contribution in [0, 0.1) is 0 Å². The van der Waals surface area contributed by atoms with Crippen molar-refractivity contribution in [1.29, 1.82) is 0 Å². The van der Waals surface area contributed by atoms with E-state index in [1.54, 1.807) is 7.11 Å². The Balaban J connectivity index is 2.39. The van der Waals surface area contributed by atoms with Crippen LogP contribution in [0.3, 0.4) is 0 Å². The molecule has 0 aliphatic heterocycles. The van der Waals surface area contributed by atoms with E-state index in [-0.39, 0.29) is 0 Å². The molecule has 1 aliphatic carbocycles. The van der Waals surface area contributed by atoms with Crippen molar-refractivity contribution in [2.45, 2.75) is 24.6 Å². The van der Waals surface area contributed by atoms with Gasteiger partial charge in [-0.25, -0.2) is 0 Å². The number of alkyl halides is 1. The SMILES string of the molecule is COc1cccc2c1CCC(Cl)C2. The first-order chi connectivity index (χ1) is 6.31. The minimum atomic E-state index is 0.305. The van der Waals surface area contributed by atoms with Crippen molar-refractivity contribution in [3.63, 3.8) is 0 Å².